The zero-order chi connectivity index (χ0) is 16.2. The molecule has 0 aliphatic heterocycles. The molecule has 23 heavy (non-hydrogen) atoms. The lowest BCUT2D eigenvalue weighted by molar-refractivity contribution is 0.102. The smallest absolute Gasteiger partial charge is 0.257 e. The number of hydrogen-bond acceptors (Lipinski definition) is 4. The molecule has 0 radical (unpaired) electrons. The molecular weight excluding hydrogens is 348 g/mol. The second-order valence-electron chi connectivity index (χ2n) is 4.66. The van der Waals surface area contributed by atoms with Crippen LogP contribution in [0.25, 0.3) is 11.3 Å². The Labute approximate surface area is 147 Å². The maximum Gasteiger partial charge on any atom is 0.257 e. The highest BCUT2D eigenvalue weighted by Gasteiger charge is 2.17. The Hall–Kier alpha value is -1.82. The van der Waals surface area contributed by atoms with Gasteiger partial charge in [-0.2, -0.15) is 0 Å². The van der Waals surface area contributed by atoms with Crippen molar-refractivity contribution in [3.63, 3.8) is 0 Å². The van der Waals surface area contributed by atoms with Gasteiger partial charge in [0.25, 0.3) is 5.91 Å². The largest absolute Gasteiger partial charge is 0.312 e. The van der Waals surface area contributed by atoms with Crippen LogP contribution < -0.4 is 5.32 Å². The van der Waals surface area contributed by atoms with Gasteiger partial charge in [0.1, 0.15) is 10.7 Å². The zero-order valence-corrected chi connectivity index (χ0v) is 14.6. The van der Waals surface area contributed by atoms with Gasteiger partial charge in [-0.15, -0.1) is 0 Å². The van der Waals surface area contributed by atoms with Gasteiger partial charge in [0.05, 0.1) is 10.6 Å². The average Bonchev–Trinajstić information content (AvgIpc) is 2.99. The molecule has 3 nitrogen and oxygen atoms in total. The van der Waals surface area contributed by atoms with E-state index in [-0.39, 0.29) is 5.91 Å². The van der Waals surface area contributed by atoms with Crippen molar-refractivity contribution in [3.05, 3.63) is 65.2 Å². The number of anilines is 1. The van der Waals surface area contributed by atoms with Crippen LogP contribution >= 0.6 is 34.7 Å². The van der Waals surface area contributed by atoms with Crippen LogP contribution in [0.4, 0.5) is 5.00 Å². The fraction of sp³-hybridized carbons (Fsp3) is 0.0588. The molecule has 0 aliphatic rings. The van der Waals surface area contributed by atoms with Gasteiger partial charge in [-0.1, -0.05) is 77.2 Å². The maximum atomic E-state index is 12.5. The molecule has 0 fully saturated rings. The van der Waals surface area contributed by atoms with Crippen LogP contribution in [0.2, 0.25) is 5.02 Å². The fourth-order valence-corrected chi connectivity index (χ4v) is 3.78. The predicted molar refractivity (Wildman–Crippen MR) is 98.7 cm³/mol. The Morgan fingerprint density at radius 1 is 1.13 bits per heavy atom. The minimum Gasteiger partial charge on any atom is -0.312 e. The van der Waals surface area contributed by atoms with E-state index in [0.29, 0.717) is 10.6 Å². The number of rotatable bonds is 4. The van der Waals surface area contributed by atoms with Crippen molar-refractivity contribution < 1.29 is 4.79 Å². The SMILES string of the molecule is CSc1nc(-c2ccccc2)c(NC(=O)c2ccccc2Cl)s1. The van der Waals surface area contributed by atoms with Crippen molar-refractivity contribution in [1.29, 1.82) is 0 Å². The number of carbonyl (C=O) groups excluding carboxylic acids is 1. The lowest BCUT2D eigenvalue weighted by atomic mass is 10.1. The Morgan fingerprint density at radius 2 is 1.83 bits per heavy atom. The number of nitrogens with one attached hydrogen (secondary N) is 1. The second kappa shape index (κ2) is 7.17. The third-order valence-corrected chi connectivity index (χ3v) is 5.46. The Bertz CT molecular complexity index is 834. The van der Waals surface area contributed by atoms with Gasteiger partial charge < -0.3 is 5.32 Å². The first-order chi connectivity index (χ1) is 11.2. The zero-order valence-electron chi connectivity index (χ0n) is 12.2. The molecule has 1 amide bonds. The van der Waals surface area contributed by atoms with Crippen molar-refractivity contribution in [3.8, 4) is 11.3 Å². The van der Waals surface area contributed by atoms with E-state index >= 15 is 0 Å². The molecule has 0 unspecified atom stereocenters. The van der Waals surface area contributed by atoms with E-state index in [0.717, 1.165) is 20.6 Å². The minimum atomic E-state index is -0.232. The summed E-state index contributed by atoms with van der Waals surface area (Å²) in [6, 6.07) is 16.8. The van der Waals surface area contributed by atoms with Crippen molar-refractivity contribution in [2.45, 2.75) is 4.34 Å². The van der Waals surface area contributed by atoms with E-state index < -0.39 is 0 Å². The number of aromatic nitrogens is 1. The lowest BCUT2D eigenvalue weighted by Gasteiger charge is -2.06. The molecule has 1 N–H and O–H groups in total. The molecule has 3 rings (SSSR count). The number of carbonyl (C=O) groups is 1. The van der Waals surface area contributed by atoms with Crippen LogP contribution in [0.15, 0.2) is 58.9 Å². The van der Waals surface area contributed by atoms with Gasteiger partial charge in [-0.3, -0.25) is 4.79 Å². The van der Waals surface area contributed by atoms with E-state index in [2.05, 4.69) is 10.3 Å². The molecule has 6 heteroatoms. The topological polar surface area (TPSA) is 42.0 Å². The number of halogens is 1. The third-order valence-electron chi connectivity index (χ3n) is 3.17. The predicted octanol–water partition coefficient (Wildman–Crippen LogP) is 5.44. The van der Waals surface area contributed by atoms with Gasteiger partial charge >= 0.3 is 0 Å². The van der Waals surface area contributed by atoms with Gasteiger partial charge in [-0.05, 0) is 18.4 Å². The van der Waals surface area contributed by atoms with Crippen molar-refractivity contribution in [2.24, 2.45) is 0 Å². The maximum absolute atomic E-state index is 12.5. The molecule has 0 spiro atoms. The summed E-state index contributed by atoms with van der Waals surface area (Å²) in [5.41, 5.74) is 2.20. The molecule has 0 saturated carbocycles. The monoisotopic (exact) mass is 360 g/mol. The first-order valence-electron chi connectivity index (χ1n) is 6.85. The summed E-state index contributed by atoms with van der Waals surface area (Å²) in [5.74, 6) is -0.232. The Balaban J connectivity index is 1.95. The Kier molecular flexibility index (Phi) is 5.00. The van der Waals surface area contributed by atoms with Gasteiger partial charge in [0, 0.05) is 5.56 Å². The number of amides is 1. The third kappa shape index (κ3) is 3.58. The number of benzene rings is 2. The summed E-state index contributed by atoms with van der Waals surface area (Å²) in [6.45, 7) is 0. The summed E-state index contributed by atoms with van der Waals surface area (Å²) in [5, 5.41) is 4.10. The summed E-state index contributed by atoms with van der Waals surface area (Å²) < 4.78 is 0.901. The number of nitrogens with zero attached hydrogens (tertiary/aromatic N) is 1. The second-order valence-corrected chi connectivity index (χ2v) is 7.12. The molecule has 0 saturated heterocycles. The first-order valence-corrected chi connectivity index (χ1v) is 9.27. The molecule has 116 valence electrons. The first kappa shape index (κ1) is 16.1. The van der Waals surface area contributed by atoms with Crippen molar-refractivity contribution in [1.82, 2.24) is 4.98 Å². The highest BCUT2D eigenvalue weighted by Crippen LogP contribution is 2.37. The molecule has 1 aromatic heterocycles. The quantitative estimate of drug-likeness (QED) is 0.630. The molecule has 1 heterocycles. The Morgan fingerprint density at radius 3 is 2.52 bits per heavy atom. The van der Waals surface area contributed by atoms with Gasteiger partial charge in [0.15, 0.2) is 4.34 Å². The minimum absolute atomic E-state index is 0.232. The summed E-state index contributed by atoms with van der Waals surface area (Å²) >= 11 is 9.11. The van der Waals surface area contributed by atoms with Crippen molar-refractivity contribution >= 4 is 45.6 Å². The normalized spacial score (nSPS) is 10.5. The van der Waals surface area contributed by atoms with E-state index in [1.807, 2.05) is 36.6 Å². The van der Waals surface area contributed by atoms with Crippen LogP contribution in [-0.4, -0.2) is 17.1 Å². The highest BCUT2D eigenvalue weighted by molar-refractivity contribution is 8.00. The molecule has 0 aliphatic carbocycles. The number of hydrogen-bond donors (Lipinski definition) is 1. The van der Waals surface area contributed by atoms with E-state index in [1.54, 1.807) is 36.0 Å². The average molecular weight is 361 g/mol. The number of thiazole rings is 1. The standard InChI is InChI=1S/C17H13ClN2OS2/c1-22-17-19-14(11-7-3-2-4-8-11)16(23-17)20-15(21)12-9-5-6-10-13(12)18/h2-10H,1H3,(H,20,21). The summed E-state index contributed by atoms with van der Waals surface area (Å²) in [4.78, 5) is 17.1. The van der Waals surface area contributed by atoms with Crippen LogP contribution in [0.1, 0.15) is 10.4 Å². The highest BCUT2D eigenvalue weighted by atomic mass is 35.5. The van der Waals surface area contributed by atoms with Crippen LogP contribution in [0.5, 0.6) is 0 Å². The van der Waals surface area contributed by atoms with E-state index in [9.17, 15) is 4.79 Å². The molecule has 3 aromatic rings. The van der Waals surface area contributed by atoms with Crippen LogP contribution in [0, 0.1) is 0 Å². The number of thioether (sulfide) groups is 1. The van der Waals surface area contributed by atoms with Crippen molar-refractivity contribution in [2.75, 3.05) is 11.6 Å². The lowest BCUT2D eigenvalue weighted by Crippen LogP contribution is -2.12. The van der Waals surface area contributed by atoms with Gasteiger partial charge in [-0.25, -0.2) is 4.98 Å². The molecule has 0 atom stereocenters. The summed E-state index contributed by atoms with van der Waals surface area (Å²) in [6.07, 6.45) is 1.97. The van der Waals surface area contributed by atoms with Crippen LogP contribution in [-0.2, 0) is 0 Å². The van der Waals surface area contributed by atoms with Gasteiger partial charge in [0.2, 0.25) is 0 Å². The van der Waals surface area contributed by atoms with E-state index in [4.69, 9.17) is 11.6 Å². The molecule has 0 bridgehead atoms. The molecular formula is C17H13ClN2OS2. The molecule has 2 aromatic carbocycles. The summed E-state index contributed by atoms with van der Waals surface area (Å²) in [7, 11) is 0. The van der Waals surface area contributed by atoms with E-state index in [1.165, 1.54) is 11.3 Å². The van der Waals surface area contributed by atoms with Crippen LogP contribution in [0.3, 0.4) is 0 Å². The fourth-order valence-electron chi connectivity index (χ4n) is 2.08.